The number of fused-ring (bicyclic) bond motifs is 3. The molecule has 4 rings (SSSR count). The monoisotopic (exact) mass is 903 g/mol. The van der Waals surface area contributed by atoms with Crippen LogP contribution in [0.3, 0.4) is 0 Å². The molecule has 1 aliphatic carbocycles. The standard InChI is InChI=1S/C50H82N2O12/c1-30-15-11-10-12-16-31(2)42(60-7)27-37-20-18-35(6)50(59,64-37)29-45(55)52-22-14-13-17-39(52)49(58)63-43(38(51)25-36-19-21-40(53)44(26-36)61-8)28-41(54)32(3)24-34(5)47(57)48(62-9)46(56)33(4)23-30/h10-12,15-16,24,30,32-33,35-44,47-48,53-54,57,59H,13-14,17-23,25-29,51H2,1-9H3/b12-10?,15-11+,31-16?,34-24+/t30-,32-,33-,35-,36+,37+,38-,39+,40-,41-,42+,43+,44-,47-,48+,50+/m1/s1. The minimum Gasteiger partial charge on any atom is -0.459 e. The molecule has 0 radical (unpaired) electrons. The predicted molar refractivity (Wildman–Crippen MR) is 245 cm³/mol. The molecule has 2 bridgehead atoms. The summed E-state index contributed by atoms with van der Waals surface area (Å²) in [7, 11) is 4.61. The van der Waals surface area contributed by atoms with Crippen LogP contribution in [0.5, 0.6) is 0 Å². The average molecular weight is 903 g/mol. The summed E-state index contributed by atoms with van der Waals surface area (Å²) in [5.41, 5.74) is 8.32. The highest BCUT2D eigenvalue weighted by molar-refractivity contribution is 5.86. The quantitative estimate of drug-likeness (QED) is 0.166. The summed E-state index contributed by atoms with van der Waals surface area (Å²) in [4.78, 5) is 43.8. The summed E-state index contributed by atoms with van der Waals surface area (Å²) in [6.45, 7) is 11.5. The number of ether oxygens (including phenoxy) is 5. The van der Waals surface area contributed by atoms with Crippen molar-refractivity contribution in [2.75, 3.05) is 27.9 Å². The fraction of sp³-hybridized carbons (Fsp3) is 0.780. The Morgan fingerprint density at radius 3 is 2.27 bits per heavy atom. The first-order chi connectivity index (χ1) is 30.3. The van der Waals surface area contributed by atoms with Gasteiger partial charge in [-0.3, -0.25) is 9.59 Å². The van der Waals surface area contributed by atoms with Gasteiger partial charge < -0.3 is 54.7 Å². The van der Waals surface area contributed by atoms with Crippen LogP contribution in [0.4, 0.5) is 0 Å². The molecule has 6 N–H and O–H groups in total. The van der Waals surface area contributed by atoms with E-state index in [4.69, 9.17) is 29.4 Å². The zero-order valence-electron chi connectivity index (χ0n) is 40.1. The van der Waals surface area contributed by atoms with Gasteiger partial charge in [-0.2, -0.15) is 0 Å². The highest BCUT2D eigenvalue weighted by atomic mass is 16.6. The van der Waals surface area contributed by atoms with E-state index < -0.39 is 72.1 Å². The second-order valence-corrected chi connectivity index (χ2v) is 19.6. The van der Waals surface area contributed by atoms with E-state index in [1.54, 1.807) is 34.1 Å². The molecule has 0 unspecified atom stereocenters. The molecule has 4 aliphatic rings. The second kappa shape index (κ2) is 25.4. The molecule has 1 saturated carbocycles. The fourth-order valence-electron chi connectivity index (χ4n) is 10.1. The number of amides is 1. The number of aliphatic hydroxyl groups excluding tert-OH is 3. The number of piperidine rings is 1. The zero-order valence-corrected chi connectivity index (χ0v) is 40.1. The van der Waals surface area contributed by atoms with Crippen LogP contribution in [-0.4, -0.2) is 138 Å². The number of hydrogen-bond donors (Lipinski definition) is 5. The zero-order chi connectivity index (χ0) is 47.3. The number of hydrogen-bond acceptors (Lipinski definition) is 13. The number of carbonyl (C=O) groups is 3. The SMILES string of the molecule is CO[C@H]1C[C@@H]2CC[C@@H](C)[C@](O)(CC(=O)N3CCCC[C@H]3C(=O)O[C@H]([C@H](N)C[C@@H]3CC[C@@H](O)[C@H](OC)C3)C[C@@H](O)[C@H](C)/C=C(\C)[C@@H](O)[C@@H](OC)C(=O)[C@H](C)C[C@H](C)/C=C/C=CC=C1C)O2. The lowest BCUT2D eigenvalue weighted by Crippen LogP contribution is -2.55. The van der Waals surface area contributed by atoms with Gasteiger partial charge in [0.25, 0.3) is 0 Å². The maximum Gasteiger partial charge on any atom is 0.329 e. The average Bonchev–Trinajstić information content (AvgIpc) is 3.26. The van der Waals surface area contributed by atoms with E-state index in [1.165, 1.54) is 12.0 Å². The van der Waals surface area contributed by atoms with E-state index >= 15 is 0 Å². The van der Waals surface area contributed by atoms with Gasteiger partial charge in [0.1, 0.15) is 24.4 Å². The molecule has 0 aromatic carbocycles. The molecule has 14 heteroatoms. The predicted octanol–water partition coefficient (Wildman–Crippen LogP) is 5.48. The molecule has 1 amide bonds. The lowest BCUT2D eigenvalue weighted by molar-refractivity contribution is -0.284. The molecule has 0 spiro atoms. The number of aliphatic hydroxyl groups is 4. The summed E-state index contributed by atoms with van der Waals surface area (Å²) in [5.74, 6) is -4.22. The van der Waals surface area contributed by atoms with Gasteiger partial charge in [-0.05, 0) is 101 Å². The van der Waals surface area contributed by atoms with Crippen LogP contribution in [0.1, 0.15) is 125 Å². The van der Waals surface area contributed by atoms with Crippen molar-refractivity contribution in [1.29, 1.82) is 0 Å². The normalized spacial score (nSPS) is 40.7. The Labute approximate surface area is 382 Å². The minimum absolute atomic E-state index is 0.0362. The van der Waals surface area contributed by atoms with Crippen LogP contribution in [0, 0.1) is 29.6 Å². The number of Topliss-reactive ketones (excluding diaryl/α,β-unsaturated/α-hetero) is 1. The van der Waals surface area contributed by atoms with Crippen molar-refractivity contribution < 1.29 is 58.5 Å². The number of carbonyl (C=O) groups excluding carboxylic acids is 3. The highest BCUT2D eigenvalue weighted by Gasteiger charge is 2.46. The summed E-state index contributed by atoms with van der Waals surface area (Å²) < 4.78 is 29.7. The molecule has 3 fully saturated rings. The van der Waals surface area contributed by atoms with Gasteiger partial charge in [-0.1, -0.05) is 64.2 Å². The number of allylic oxidation sites excluding steroid dienone is 5. The van der Waals surface area contributed by atoms with Gasteiger partial charge in [0, 0.05) is 64.5 Å². The van der Waals surface area contributed by atoms with E-state index in [-0.39, 0.29) is 54.7 Å². The second-order valence-electron chi connectivity index (χ2n) is 19.6. The largest absolute Gasteiger partial charge is 0.459 e. The van der Waals surface area contributed by atoms with Crippen molar-refractivity contribution in [3.63, 3.8) is 0 Å². The topological polar surface area (TPSA) is 208 Å². The van der Waals surface area contributed by atoms with Crippen LogP contribution in [-0.2, 0) is 38.1 Å². The molecule has 3 aliphatic heterocycles. The molecule has 14 nitrogen and oxygen atoms in total. The fourth-order valence-corrected chi connectivity index (χ4v) is 10.1. The Morgan fingerprint density at radius 1 is 0.844 bits per heavy atom. The van der Waals surface area contributed by atoms with E-state index in [9.17, 15) is 34.8 Å². The maximum atomic E-state index is 14.3. The molecule has 0 aromatic rings. The number of cyclic esters (lactones) is 1. The van der Waals surface area contributed by atoms with Crippen molar-refractivity contribution in [2.45, 2.75) is 192 Å². The molecule has 0 aromatic heterocycles. The highest BCUT2D eigenvalue weighted by Crippen LogP contribution is 2.38. The summed E-state index contributed by atoms with van der Waals surface area (Å²) in [5, 5.41) is 45.6. The molecule has 2 saturated heterocycles. The Kier molecular flexibility index (Phi) is 21.3. The number of nitrogens with two attached hydrogens (primary N) is 1. The van der Waals surface area contributed by atoms with Gasteiger partial charge >= 0.3 is 5.97 Å². The first-order valence-electron chi connectivity index (χ1n) is 23.8. The van der Waals surface area contributed by atoms with Crippen LogP contribution >= 0.6 is 0 Å². The molecule has 64 heavy (non-hydrogen) atoms. The van der Waals surface area contributed by atoms with E-state index in [0.717, 1.165) is 5.57 Å². The molecular weight excluding hydrogens is 821 g/mol. The molecule has 3 heterocycles. The van der Waals surface area contributed by atoms with E-state index in [0.29, 0.717) is 82.7 Å². The number of nitrogens with zero attached hydrogens (tertiary/aromatic N) is 1. The van der Waals surface area contributed by atoms with Crippen LogP contribution < -0.4 is 5.73 Å². The third-order valence-corrected chi connectivity index (χ3v) is 14.5. The van der Waals surface area contributed by atoms with Gasteiger partial charge in [0.15, 0.2) is 11.6 Å². The van der Waals surface area contributed by atoms with E-state index in [2.05, 4.69) is 0 Å². The summed E-state index contributed by atoms with van der Waals surface area (Å²) >= 11 is 0. The van der Waals surface area contributed by atoms with Gasteiger partial charge in [0.05, 0.1) is 36.9 Å². The Morgan fingerprint density at radius 2 is 1.58 bits per heavy atom. The first-order valence-corrected chi connectivity index (χ1v) is 23.8. The van der Waals surface area contributed by atoms with Crippen molar-refractivity contribution in [2.24, 2.45) is 35.3 Å². The van der Waals surface area contributed by atoms with Gasteiger partial charge in [0.2, 0.25) is 5.91 Å². The Bertz CT molecular complexity index is 1630. The summed E-state index contributed by atoms with van der Waals surface area (Å²) in [6.07, 6.45) is 11.4. The third kappa shape index (κ3) is 14.9. The Balaban J connectivity index is 1.67. The first kappa shape index (κ1) is 53.8. The lowest BCUT2D eigenvalue weighted by Gasteiger charge is -2.44. The minimum atomic E-state index is -1.76. The third-order valence-electron chi connectivity index (χ3n) is 14.5. The van der Waals surface area contributed by atoms with Crippen molar-refractivity contribution in [3.05, 3.63) is 47.6 Å². The van der Waals surface area contributed by atoms with Gasteiger partial charge in [-0.15, -0.1) is 0 Å². The van der Waals surface area contributed by atoms with Crippen LogP contribution in [0.15, 0.2) is 47.6 Å². The van der Waals surface area contributed by atoms with Crippen LogP contribution in [0.25, 0.3) is 0 Å². The number of ketones is 1. The lowest BCUT2D eigenvalue weighted by atomic mass is 9.80. The van der Waals surface area contributed by atoms with Crippen molar-refractivity contribution in [3.8, 4) is 0 Å². The maximum absolute atomic E-state index is 14.3. The number of methoxy groups -OCH3 is 3. The van der Waals surface area contributed by atoms with Crippen molar-refractivity contribution >= 4 is 17.7 Å². The van der Waals surface area contributed by atoms with Crippen LogP contribution in [0.2, 0.25) is 0 Å². The Hall–Kier alpha value is -2.79. The number of esters is 1. The smallest absolute Gasteiger partial charge is 0.329 e. The van der Waals surface area contributed by atoms with Gasteiger partial charge in [-0.25, -0.2) is 4.79 Å². The molecular formula is C50H82N2O12. The molecule has 364 valence electrons. The van der Waals surface area contributed by atoms with E-state index in [1.807, 2.05) is 58.1 Å². The molecule has 16 atom stereocenters. The summed E-state index contributed by atoms with van der Waals surface area (Å²) in [6, 6.07) is -1.63. The van der Waals surface area contributed by atoms with Crippen molar-refractivity contribution in [1.82, 2.24) is 4.90 Å². The number of rotatable bonds is 6.